The van der Waals surface area contributed by atoms with Crippen LogP contribution in [0.2, 0.25) is 5.02 Å². The van der Waals surface area contributed by atoms with Gasteiger partial charge in [0.15, 0.2) is 0 Å². The average molecular weight is 345 g/mol. The number of nitrogens with two attached hydrogens (primary N) is 1. The van der Waals surface area contributed by atoms with Crippen molar-refractivity contribution in [2.24, 2.45) is 0 Å². The predicted molar refractivity (Wildman–Crippen MR) is 88.9 cm³/mol. The minimum Gasteiger partial charge on any atom is -0.496 e. The lowest BCUT2D eigenvalue weighted by molar-refractivity contribution is 0.0771. The molecule has 0 aliphatic rings. The summed E-state index contributed by atoms with van der Waals surface area (Å²) in [6.07, 6.45) is 0. The van der Waals surface area contributed by atoms with Crippen LogP contribution in [0.5, 0.6) is 5.75 Å². The quantitative estimate of drug-likeness (QED) is 0.861. The number of nitrogen functional groups attached to an aromatic ring is 1. The van der Waals surface area contributed by atoms with E-state index >= 15 is 0 Å². The summed E-state index contributed by atoms with van der Waals surface area (Å²) >= 11 is 5.99. The molecule has 1 heterocycles. The molecule has 0 saturated carbocycles. The van der Waals surface area contributed by atoms with Crippen LogP contribution in [0, 0.1) is 6.92 Å². The molecule has 22 heavy (non-hydrogen) atoms. The van der Waals surface area contributed by atoms with E-state index in [1.807, 2.05) is 19.1 Å². The van der Waals surface area contributed by atoms with E-state index in [1.54, 1.807) is 13.1 Å². The van der Waals surface area contributed by atoms with Crippen LogP contribution >= 0.6 is 24.0 Å². The molecule has 7 heteroatoms. The van der Waals surface area contributed by atoms with Gasteiger partial charge in [-0.25, -0.2) is 0 Å². The number of amides is 1. The molecule has 0 aliphatic carbocycles. The van der Waals surface area contributed by atoms with Gasteiger partial charge in [-0.2, -0.15) is 0 Å². The number of furan rings is 1. The van der Waals surface area contributed by atoms with Gasteiger partial charge in [0.25, 0.3) is 5.91 Å². The number of aryl methyl sites for hydroxylation is 1. The van der Waals surface area contributed by atoms with Crippen LogP contribution < -0.4 is 10.5 Å². The zero-order valence-corrected chi connectivity index (χ0v) is 14.1. The third kappa shape index (κ3) is 3.87. The number of methoxy groups -OCH3 is 1. The van der Waals surface area contributed by atoms with E-state index in [0.717, 1.165) is 5.76 Å². The van der Waals surface area contributed by atoms with Gasteiger partial charge in [0.2, 0.25) is 0 Å². The number of hydrogen-bond donors (Lipinski definition) is 1. The van der Waals surface area contributed by atoms with E-state index in [1.165, 1.54) is 18.1 Å². The van der Waals surface area contributed by atoms with Crippen molar-refractivity contribution >= 4 is 35.6 Å². The lowest BCUT2D eigenvalue weighted by Crippen LogP contribution is -2.26. The second-order valence-corrected chi connectivity index (χ2v) is 5.15. The van der Waals surface area contributed by atoms with Crippen LogP contribution in [-0.2, 0) is 6.54 Å². The van der Waals surface area contributed by atoms with Gasteiger partial charge in [-0.1, -0.05) is 11.6 Å². The first-order valence-electron chi connectivity index (χ1n) is 6.36. The van der Waals surface area contributed by atoms with Gasteiger partial charge in [-0.05, 0) is 25.1 Å². The van der Waals surface area contributed by atoms with Gasteiger partial charge >= 0.3 is 0 Å². The summed E-state index contributed by atoms with van der Waals surface area (Å²) in [5.41, 5.74) is 6.45. The Kier molecular flexibility index (Phi) is 6.14. The Bertz CT molecular complexity index is 671. The Labute approximate surface area is 140 Å². The molecule has 2 aromatic rings. The third-order valence-electron chi connectivity index (χ3n) is 3.08. The molecule has 1 aromatic heterocycles. The highest BCUT2D eigenvalue weighted by atomic mass is 35.5. The van der Waals surface area contributed by atoms with E-state index in [4.69, 9.17) is 26.5 Å². The Morgan fingerprint density at radius 3 is 2.64 bits per heavy atom. The van der Waals surface area contributed by atoms with Crippen molar-refractivity contribution in [2.45, 2.75) is 13.5 Å². The number of halogens is 2. The molecule has 0 radical (unpaired) electrons. The van der Waals surface area contributed by atoms with Crippen molar-refractivity contribution in [3.8, 4) is 5.75 Å². The number of hydrogen-bond acceptors (Lipinski definition) is 4. The molecule has 0 atom stereocenters. The fraction of sp³-hybridized carbons (Fsp3) is 0.267. The maximum atomic E-state index is 12.5. The Morgan fingerprint density at radius 1 is 1.41 bits per heavy atom. The molecule has 0 aliphatic heterocycles. The topological polar surface area (TPSA) is 68.7 Å². The maximum absolute atomic E-state index is 12.5. The van der Waals surface area contributed by atoms with Crippen LogP contribution in [0.4, 0.5) is 5.69 Å². The molecule has 0 bridgehead atoms. The second-order valence-electron chi connectivity index (χ2n) is 4.75. The van der Waals surface area contributed by atoms with Crippen LogP contribution in [0.15, 0.2) is 28.7 Å². The molecular formula is C15H18Cl2N2O3. The van der Waals surface area contributed by atoms with Gasteiger partial charge in [0.1, 0.15) is 17.3 Å². The number of rotatable bonds is 4. The van der Waals surface area contributed by atoms with Crippen molar-refractivity contribution in [3.63, 3.8) is 0 Å². The maximum Gasteiger partial charge on any atom is 0.257 e. The Morgan fingerprint density at radius 2 is 2.09 bits per heavy atom. The zero-order valence-electron chi connectivity index (χ0n) is 12.6. The van der Waals surface area contributed by atoms with Crippen molar-refractivity contribution in [1.82, 2.24) is 4.90 Å². The third-order valence-corrected chi connectivity index (χ3v) is 3.41. The molecule has 0 unspecified atom stereocenters. The lowest BCUT2D eigenvalue weighted by Gasteiger charge is -2.18. The molecule has 5 nitrogen and oxygen atoms in total. The van der Waals surface area contributed by atoms with Crippen molar-refractivity contribution in [3.05, 3.63) is 46.4 Å². The average Bonchev–Trinajstić information content (AvgIpc) is 2.85. The van der Waals surface area contributed by atoms with Crippen LogP contribution in [0.25, 0.3) is 0 Å². The standard InChI is InChI=1S/C15H17ClN2O3.ClH/c1-9-4-5-10(21-9)8-18(2)15(19)11-6-12(16)13(17)7-14(11)20-3;/h4-7H,8,17H2,1-3H3;1H. The van der Waals surface area contributed by atoms with E-state index in [2.05, 4.69) is 0 Å². The summed E-state index contributed by atoms with van der Waals surface area (Å²) in [7, 11) is 3.17. The molecule has 1 amide bonds. The number of benzene rings is 1. The number of ether oxygens (including phenoxy) is 1. The van der Waals surface area contributed by atoms with Gasteiger partial charge in [0.05, 0.1) is 29.9 Å². The van der Waals surface area contributed by atoms with Crippen LogP contribution in [0.3, 0.4) is 0 Å². The number of nitrogens with zero attached hydrogens (tertiary/aromatic N) is 1. The minimum atomic E-state index is -0.220. The van der Waals surface area contributed by atoms with Crippen LogP contribution in [0.1, 0.15) is 21.9 Å². The number of carbonyl (C=O) groups is 1. The first-order chi connectivity index (χ1) is 9.92. The second kappa shape index (κ2) is 7.42. The van der Waals surface area contributed by atoms with E-state index in [9.17, 15) is 4.79 Å². The van der Waals surface area contributed by atoms with Crippen LogP contribution in [-0.4, -0.2) is 25.0 Å². The first-order valence-corrected chi connectivity index (χ1v) is 6.74. The number of anilines is 1. The smallest absolute Gasteiger partial charge is 0.257 e. The van der Waals surface area contributed by atoms with Gasteiger partial charge in [-0.3, -0.25) is 4.79 Å². The highest BCUT2D eigenvalue weighted by Gasteiger charge is 2.19. The fourth-order valence-electron chi connectivity index (χ4n) is 1.99. The summed E-state index contributed by atoms with van der Waals surface area (Å²) in [6, 6.07) is 6.75. The SMILES string of the molecule is COc1cc(N)c(Cl)cc1C(=O)N(C)Cc1ccc(C)o1.Cl. The lowest BCUT2D eigenvalue weighted by atomic mass is 10.1. The molecule has 0 fully saturated rings. The largest absolute Gasteiger partial charge is 0.496 e. The van der Waals surface area contributed by atoms with E-state index in [0.29, 0.717) is 34.3 Å². The van der Waals surface area contributed by atoms with E-state index in [-0.39, 0.29) is 18.3 Å². The fourth-order valence-corrected chi connectivity index (χ4v) is 2.15. The normalized spacial score (nSPS) is 10.0. The van der Waals surface area contributed by atoms with Crippen molar-refractivity contribution in [2.75, 3.05) is 19.9 Å². The highest BCUT2D eigenvalue weighted by Crippen LogP contribution is 2.29. The zero-order chi connectivity index (χ0) is 15.6. The number of carbonyl (C=O) groups excluding carboxylic acids is 1. The summed E-state index contributed by atoms with van der Waals surface area (Å²) in [5.74, 6) is 1.69. The Balaban J connectivity index is 0.00000242. The first kappa shape index (κ1) is 18.2. The summed E-state index contributed by atoms with van der Waals surface area (Å²) in [4.78, 5) is 14.0. The summed E-state index contributed by atoms with van der Waals surface area (Å²) in [6.45, 7) is 2.21. The van der Waals surface area contributed by atoms with Gasteiger partial charge in [0, 0.05) is 13.1 Å². The predicted octanol–water partition coefficient (Wildman–Crippen LogP) is 3.53. The summed E-state index contributed by atoms with van der Waals surface area (Å²) < 4.78 is 10.7. The molecule has 0 spiro atoms. The molecule has 2 rings (SSSR count). The molecule has 1 aromatic carbocycles. The summed E-state index contributed by atoms with van der Waals surface area (Å²) in [5, 5.41) is 0.321. The molecule has 2 N–H and O–H groups in total. The molecule has 0 saturated heterocycles. The Hall–Kier alpha value is -1.85. The van der Waals surface area contributed by atoms with E-state index < -0.39 is 0 Å². The van der Waals surface area contributed by atoms with Crippen molar-refractivity contribution < 1.29 is 13.9 Å². The molecule has 120 valence electrons. The highest BCUT2D eigenvalue weighted by molar-refractivity contribution is 6.33. The molecular weight excluding hydrogens is 327 g/mol. The monoisotopic (exact) mass is 344 g/mol. The van der Waals surface area contributed by atoms with Gasteiger partial charge in [-0.15, -0.1) is 12.4 Å². The van der Waals surface area contributed by atoms with Gasteiger partial charge < -0.3 is 19.8 Å². The minimum absolute atomic E-state index is 0. The van der Waals surface area contributed by atoms with Crippen molar-refractivity contribution in [1.29, 1.82) is 0 Å².